The van der Waals surface area contributed by atoms with Crippen molar-refractivity contribution in [3.05, 3.63) is 65.7 Å². The minimum Gasteiger partial charge on any atom is -0.457 e. The summed E-state index contributed by atoms with van der Waals surface area (Å²) in [6.07, 6.45) is 3.64. The Hall–Kier alpha value is -2.02. The van der Waals surface area contributed by atoms with Gasteiger partial charge in [-0.3, -0.25) is 0 Å². The van der Waals surface area contributed by atoms with Crippen molar-refractivity contribution in [3.8, 4) is 11.5 Å². The van der Waals surface area contributed by atoms with Crippen LogP contribution in [-0.4, -0.2) is 0 Å². The Morgan fingerprint density at radius 3 is 2.37 bits per heavy atom. The normalized spacial score (nSPS) is 13.2. The first-order chi connectivity index (χ1) is 9.36. The Kier molecular flexibility index (Phi) is 3.37. The number of hydrogen-bond acceptors (Lipinski definition) is 1. The van der Waals surface area contributed by atoms with E-state index in [1.165, 1.54) is 24.0 Å². The van der Waals surface area contributed by atoms with Gasteiger partial charge in [0.05, 0.1) is 0 Å². The average molecular weight is 250 g/mol. The van der Waals surface area contributed by atoms with Crippen molar-refractivity contribution in [1.29, 1.82) is 0 Å². The summed E-state index contributed by atoms with van der Waals surface area (Å²) in [7, 11) is 0. The van der Waals surface area contributed by atoms with E-state index in [0.717, 1.165) is 17.9 Å². The molecule has 0 aliphatic heterocycles. The molecule has 0 heterocycles. The summed E-state index contributed by atoms with van der Waals surface area (Å²) in [5.74, 6) is 1.80. The number of rotatable bonds is 4. The van der Waals surface area contributed by atoms with Gasteiger partial charge in [-0.25, -0.2) is 0 Å². The van der Waals surface area contributed by atoms with E-state index in [1.807, 2.05) is 36.4 Å². The lowest BCUT2D eigenvalue weighted by Crippen LogP contribution is -1.87. The van der Waals surface area contributed by atoms with Gasteiger partial charge < -0.3 is 4.74 Å². The molecule has 96 valence electrons. The maximum Gasteiger partial charge on any atom is 0.128 e. The summed E-state index contributed by atoms with van der Waals surface area (Å²) in [5, 5.41) is 0. The van der Waals surface area contributed by atoms with Gasteiger partial charge in [0.15, 0.2) is 0 Å². The quantitative estimate of drug-likeness (QED) is 0.702. The van der Waals surface area contributed by atoms with Gasteiger partial charge in [-0.05, 0) is 54.7 Å². The van der Waals surface area contributed by atoms with E-state index in [2.05, 4.69) is 25.1 Å². The summed E-state index contributed by atoms with van der Waals surface area (Å²) in [4.78, 5) is 0. The molecule has 19 heavy (non-hydrogen) atoms. The third-order valence-corrected chi connectivity index (χ3v) is 3.44. The fourth-order valence-corrected chi connectivity index (χ4v) is 2.39. The molecule has 1 saturated carbocycles. The van der Waals surface area contributed by atoms with Crippen LogP contribution in [0.25, 0.3) is 5.57 Å². The molecule has 1 aliphatic carbocycles. The minimum absolute atomic E-state index is 0.886. The third-order valence-electron chi connectivity index (χ3n) is 3.44. The highest BCUT2D eigenvalue weighted by Gasteiger charge is 2.17. The fraction of sp³-hybridized carbons (Fsp3) is 0.222. The lowest BCUT2D eigenvalue weighted by Gasteiger charge is -2.09. The lowest BCUT2D eigenvalue weighted by molar-refractivity contribution is 0.482. The predicted octanol–water partition coefficient (Wildman–Crippen LogP) is 5.44. The van der Waals surface area contributed by atoms with Crippen molar-refractivity contribution in [2.24, 2.45) is 0 Å². The molecule has 2 aromatic rings. The van der Waals surface area contributed by atoms with Gasteiger partial charge in [-0.1, -0.05) is 42.8 Å². The Balaban J connectivity index is 1.86. The summed E-state index contributed by atoms with van der Waals surface area (Å²) in [6.45, 7) is 2.23. The van der Waals surface area contributed by atoms with Crippen LogP contribution in [0.5, 0.6) is 11.5 Å². The predicted molar refractivity (Wildman–Crippen MR) is 79.4 cm³/mol. The van der Waals surface area contributed by atoms with Crippen LogP contribution >= 0.6 is 0 Å². The van der Waals surface area contributed by atoms with E-state index in [0.29, 0.717) is 0 Å². The van der Waals surface area contributed by atoms with Crippen molar-refractivity contribution >= 4 is 5.57 Å². The van der Waals surface area contributed by atoms with E-state index in [1.54, 1.807) is 5.57 Å². The number of ether oxygens (including phenoxy) is 1. The molecular formula is C18H18O. The van der Waals surface area contributed by atoms with E-state index in [9.17, 15) is 0 Å². The van der Waals surface area contributed by atoms with Crippen LogP contribution in [0.3, 0.4) is 0 Å². The molecule has 0 aromatic heterocycles. The zero-order valence-electron chi connectivity index (χ0n) is 11.2. The van der Waals surface area contributed by atoms with Crippen LogP contribution in [-0.2, 0) is 0 Å². The first kappa shape index (κ1) is 12.0. The van der Waals surface area contributed by atoms with E-state index in [-0.39, 0.29) is 0 Å². The highest BCUT2D eigenvalue weighted by Crippen LogP contribution is 2.39. The molecule has 0 spiro atoms. The molecule has 0 saturated heterocycles. The summed E-state index contributed by atoms with van der Waals surface area (Å²) < 4.78 is 5.89. The van der Waals surface area contributed by atoms with E-state index >= 15 is 0 Å². The molecule has 1 heteroatoms. The maximum atomic E-state index is 5.89. The second-order valence-electron chi connectivity index (χ2n) is 4.88. The fourth-order valence-electron chi connectivity index (χ4n) is 2.39. The largest absolute Gasteiger partial charge is 0.457 e. The average Bonchev–Trinajstić information content (AvgIpc) is 3.26. The highest BCUT2D eigenvalue weighted by molar-refractivity contribution is 5.72. The van der Waals surface area contributed by atoms with Gasteiger partial charge in [0.25, 0.3) is 0 Å². The number of allylic oxidation sites excluding steroid dienone is 2. The Morgan fingerprint density at radius 2 is 1.68 bits per heavy atom. The molecule has 0 N–H and O–H groups in total. The van der Waals surface area contributed by atoms with Crippen LogP contribution < -0.4 is 4.74 Å². The molecule has 0 unspecified atom stereocenters. The van der Waals surface area contributed by atoms with Gasteiger partial charge in [0.2, 0.25) is 0 Å². The molecular weight excluding hydrogens is 232 g/mol. The minimum atomic E-state index is 0.886. The van der Waals surface area contributed by atoms with Crippen LogP contribution in [0, 0.1) is 0 Å². The standard InChI is InChI=1S/C18H18O/c1-2-18(14-11-12-14)15-7-6-10-17(13-15)19-16-8-4-3-5-9-16/h3-10,13H,2,11-12H2,1H3. The van der Waals surface area contributed by atoms with Gasteiger partial charge in [-0.15, -0.1) is 0 Å². The number of benzene rings is 2. The molecule has 1 aliphatic rings. The highest BCUT2D eigenvalue weighted by atomic mass is 16.5. The second kappa shape index (κ2) is 5.31. The Morgan fingerprint density at radius 1 is 0.947 bits per heavy atom. The zero-order chi connectivity index (χ0) is 13.1. The molecule has 2 aromatic carbocycles. The van der Waals surface area contributed by atoms with Gasteiger partial charge >= 0.3 is 0 Å². The molecule has 3 rings (SSSR count). The molecule has 0 amide bonds. The van der Waals surface area contributed by atoms with Gasteiger partial charge in [-0.2, -0.15) is 0 Å². The van der Waals surface area contributed by atoms with Crippen molar-refractivity contribution in [1.82, 2.24) is 0 Å². The van der Waals surface area contributed by atoms with Crippen LogP contribution in [0.4, 0.5) is 0 Å². The van der Waals surface area contributed by atoms with Crippen molar-refractivity contribution in [3.63, 3.8) is 0 Å². The number of hydrogen-bond donors (Lipinski definition) is 0. The third kappa shape index (κ3) is 2.87. The van der Waals surface area contributed by atoms with Crippen LogP contribution in [0.1, 0.15) is 31.7 Å². The summed E-state index contributed by atoms with van der Waals surface area (Å²) in [6, 6.07) is 18.4. The van der Waals surface area contributed by atoms with Crippen molar-refractivity contribution in [2.75, 3.05) is 0 Å². The van der Waals surface area contributed by atoms with Crippen molar-refractivity contribution in [2.45, 2.75) is 26.2 Å². The molecule has 0 radical (unpaired) electrons. The van der Waals surface area contributed by atoms with E-state index in [4.69, 9.17) is 4.74 Å². The molecule has 1 fully saturated rings. The summed E-state index contributed by atoms with van der Waals surface area (Å²) >= 11 is 0. The monoisotopic (exact) mass is 250 g/mol. The van der Waals surface area contributed by atoms with Crippen LogP contribution in [0.15, 0.2) is 60.2 Å². The first-order valence-corrected chi connectivity index (χ1v) is 6.91. The van der Waals surface area contributed by atoms with Gasteiger partial charge in [0, 0.05) is 0 Å². The topological polar surface area (TPSA) is 9.23 Å². The summed E-state index contributed by atoms with van der Waals surface area (Å²) in [5.41, 5.74) is 4.42. The lowest BCUT2D eigenvalue weighted by atomic mass is 10.0. The smallest absolute Gasteiger partial charge is 0.128 e. The Bertz CT molecular complexity index is 590. The van der Waals surface area contributed by atoms with Crippen molar-refractivity contribution < 1.29 is 4.74 Å². The van der Waals surface area contributed by atoms with Crippen LogP contribution in [0.2, 0.25) is 0 Å². The molecule has 1 nitrogen and oxygen atoms in total. The molecule has 0 atom stereocenters. The first-order valence-electron chi connectivity index (χ1n) is 6.91. The SMILES string of the molecule is CCC(=C1CC1)c1cccc(Oc2ccccc2)c1. The van der Waals surface area contributed by atoms with E-state index < -0.39 is 0 Å². The molecule has 0 bridgehead atoms. The zero-order valence-corrected chi connectivity index (χ0v) is 11.2. The van der Waals surface area contributed by atoms with Gasteiger partial charge in [0.1, 0.15) is 11.5 Å². The number of para-hydroxylation sites is 1. The second-order valence-corrected chi connectivity index (χ2v) is 4.88. The maximum absolute atomic E-state index is 5.89. The Labute approximate surface area is 114 Å².